The summed E-state index contributed by atoms with van der Waals surface area (Å²) in [5, 5.41) is 16.4. The van der Waals surface area contributed by atoms with E-state index in [-0.39, 0.29) is 12.3 Å². The third-order valence-corrected chi connectivity index (χ3v) is 2.39. The molecule has 0 aliphatic carbocycles. The summed E-state index contributed by atoms with van der Waals surface area (Å²) in [6.07, 6.45) is 3.55. The van der Waals surface area contributed by atoms with Crippen molar-refractivity contribution in [2.24, 2.45) is 0 Å². The summed E-state index contributed by atoms with van der Waals surface area (Å²) < 4.78 is 1.65. The van der Waals surface area contributed by atoms with Crippen molar-refractivity contribution in [3.8, 4) is 0 Å². The zero-order valence-electron chi connectivity index (χ0n) is 8.29. The fourth-order valence-corrected chi connectivity index (χ4v) is 1.66. The summed E-state index contributed by atoms with van der Waals surface area (Å²) in [5.41, 5.74) is 1.83. The van der Waals surface area contributed by atoms with Crippen LogP contribution in [0.4, 0.5) is 0 Å². The maximum absolute atomic E-state index is 10.6. The van der Waals surface area contributed by atoms with Crippen LogP contribution >= 0.6 is 0 Å². The van der Waals surface area contributed by atoms with Crippen molar-refractivity contribution in [3.05, 3.63) is 30.1 Å². The topological polar surface area (TPSA) is 67.5 Å². The van der Waals surface area contributed by atoms with E-state index in [1.807, 2.05) is 19.1 Å². The largest absolute Gasteiger partial charge is 0.481 e. The Balaban J connectivity index is 2.42. The third kappa shape index (κ3) is 1.81. The number of pyridine rings is 1. The molecule has 0 bridgehead atoms. The first-order valence-electron chi connectivity index (χ1n) is 4.69. The Kier molecular flexibility index (Phi) is 2.37. The van der Waals surface area contributed by atoms with Gasteiger partial charge in [-0.25, -0.2) is 4.52 Å². The second kappa shape index (κ2) is 3.68. The summed E-state index contributed by atoms with van der Waals surface area (Å²) in [6.45, 7) is 1.89. The number of carbonyl (C=O) groups is 1. The van der Waals surface area contributed by atoms with Crippen LogP contribution in [-0.2, 0) is 4.79 Å². The number of carboxylic acid groups (broad SMARTS) is 1. The van der Waals surface area contributed by atoms with Crippen LogP contribution in [-0.4, -0.2) is 25.9 Å². The van der Waals surface area contributed by atoms with Crippen LogP contribution < -0.4 is 0 Å². The smallest absolute Gasteiger partial charge is 0.303 e. The van der Waals surface area contributed by atoms with E-state index in [0.717, 1.165) is 11.1 Å². The van der Waals surface area contributed by atoms with Crippen molar-refractivity contribution >= 4 is 11.5 Å². The Morgan fingerprint density at radius 1 is 1.67 bits per heavy atom. The Hall–Kier alpha value is -1.91. The highest BCUT2D eigenvalue weighted by Gasteiger charge is 2.13. The van der Waals surface area contributed by atoms with Crippen LogP contribution in [0.25, 0.3) is 5.52 Å². The van der Waals surface area contributed by atoms with Crippen molar-refractivity contribution in [1.29, 1.82) is 0 Å². The van der Waals surface area contributed by atoms with Gasteiger partial charge in [-0.05, 0) is 17.5 Å². The summed E-state index contributed by atoms with van der Waals surface area (Å²) in [7, 11) is 0. The summed E-state index contributed by atoms with van der Waals surface area (Å²) in [6, 6.07) is 3.75. The average Bonchev–Trinajstić information content (AvgIpc) is 2.63. The van der Waals surface area contributed by atoms with Crippen LogP contribution in [0.2, 0.25) is 0 Å². The number of fused-ring (bicyclic) bond motifs is 1. The summed E-state index contributed by atoms with van der Waals surface area (Å²) in [5.74, 6) is -0.832. The van der Waals surface area contributed by atoms with E-state index >= 15 is 0 Å². The number of aromatic nitrogens is 3. The lowest BCUT2D eigenvalue weighted by Gasteiger charge is -2.09. The molecule has 0 radical (unpaired) electrons. The normalized spacial score (nSPS) is 12.9. The SMILES string of the molecule is CC(CC(=O)O)c1cccn2nncc12. The quantitative estimate of drug-likeness (QED) is 0.820. The molecule has 2 heterocycles. The number of rotatable bonds is 3. The van der Waals surface area contributed by atoms with E-state index in [4.69, 9.17) is 5.11 Å². The molecule has 0 saturated heterocycles. The molecule has 0 amide bonds. The Bertz CT molecular complexity index is 492. The monoisotopic (exact) mass is 205 g/mol. The Morgan fingerprint density at radius 2 is 2.47 bits per heavy atom. The first-order chi connectivity index (χ1) is 7.18. The molecule has 1 atom stereocenters. The van der Waals surface area contributed by atoms with E-state index in [0.29, 0.717) is 0 Å². The molecule has 0 saturated carbocycles. The molecule has 0 fully saturated rings. The van der Waals surface area contributed by atoms with Crippen LogP contribution in [0, 0.1) is 0 Å². The predicted octanol–water partition coefficient (Wildman–Crippen LogP) is 1.31. The third-order valence-electron chi connectivity index (χ3n) is 2.39. The number of hydrogen-bond donors (Lipinski definition) is 1. The van der Waals surface area contributed by atoms with Gasteiger partial charge in [0, 0.05) is 6.20 Å². The van der Waals surface area contributed by atoms with Gasteiger partial charge in [-0.15, -0.1) is 5.10 Å². The van der Waals surface area contributed by atoms with Crippen molar-refractivity contribution in [2.45, 2.75) is 19.3 Å². The summed E-state index contributed by atoms with van der Waals surface area (Å²) >= 11 is 0. The van der Waals surface area contributed by atoms with Gasteiger partial charge in [0.2, 0.25) is 0 Å². The van der Waals surface area contributed by atoms with E-state index in [1.54, 1.807) is 16.9 Å². The highest BCUT2D eigenvalue weighted by Crippen LogP contribution is 2.22. The van der Waals surface area contributed by atoms with Crippen LogP contribution in [0.3, 0.4) is 0 Å². The Morgan fingerprint density at radius 3 is 3.20 bits per heavy atom. The van der Waals surface area contributed by atoms with Gasteiger partial charge in [-0.2, -0.15) is 0 Å². The van der Waals surface area contributed by atoms with E-state index in [1.165, 1.54) is 0 Å². The first kappa shape index (κ1) is 9.64. The molecule has 15 heavy (non-hydrogen) atoms. The predicted molar refractivity (Wildman–Crippen MR) is 53.7 cm³/mol. The molecule has 2 rings (SSSR count). The van der Waals surface area contributed by atoms with Gasteiger partial charge in [0.25, 0.3) is 0 Å². The lowest BCUT2D eigenvalue weighted by molar-refractivity contribution is -0.137. The van der Waals surface area contributed by atoms with Gasteiger partial charge in [-0.1, -0.05) is 18.2 Å². The number of carboxylic acids is 1. The molecular weight excluding hydrogens is 194 g/mol. The van der Waals surface area contributed by atoms with Crippen LogP contribution in [0.15, 0.2) is 24.5 Å². The average molecular weight is 205 g/mol. The zero-order valence-corrected chi connectivity index (χ0v) is 8.29. The molecule has 0 spiro atoms. The highest BCUT2D eigenvalue weighted by molar-refractivity contribution is 5.69. The van der Waals surface area contributed by atoms with Crippen LogP contribution in [0.1, 0.15) is 24.8 Å². The molecule has 2 aromatic rings. The second-order valence-corrected chi connectivity index (χ2v) is 3.53. The van der Waals surface area contributed by atoms with Gasteiger partial charge < -0.3 is 5.11 Å². The molecule has 0 aliphatic rings. The van der Waals surface area contributed by atoms with Crippen molar-refractivity contribution in [2.75, 3.05) is 0 Å². The first-order valence-corrected chi connectivity index (χ1v) is 4.69. The molecule has 0 aliphatic heterocycles. The molecule has 1 N–H and O–H groups in total. The molecule has 78 valence electrons. The molecule has 1 unspecified atom stereocenters. The number of hydrogen-bond acceptors (Lipinski definition) is 3. The molecule has 0 aromatic carbocycles. The van der Waals surface area contributed by atoms with Crippen molar-refractivity contribution in [1.82, 2.24) is 14.8 Å². The maximum atomic E-state index is 10.6. The van der Waals surface area contributed by atoms with Crippen molar-refractivity contribution in [3.63, 3.8) is 0 Å². The van der Waals surface area contributed by atoms with Gasteiger partial charge in [0.15, 0.2) is 0 Å². The lowest BCUT2D eigenvalue weighted by Crippen LogP contribution is -2.04. The molecule has 5 nitrogen and oxygen atoms in total. The van der Waals surface area contributed by atoms with Gasteiger partial charge in [0.05, 0.1) is 18.1 Å². The number of aliphatic carboxylic acids is 1. The van der Waals surface area contributed by atoms with Crippen molar-refractivity contribution < 1.29 is 9.90 Å². The highest BCUT2D eigenvalue weighted by atomic mass is 16.4. The molecule has 5 heteroatoms. The fraction of sp³-hybridized carbons (Fsp3) is 0.300. The van der Waals surface area contributed by atoms with Gasteiger partial charge in [-0.3, -0.25) is 4.79 Å². The number of nitrogens with zero attached hydrogens (tertiary/aromatic N) is 3. The zero-order chi connectivity index (χ0) is 10.8. The van der Waals surface area contributed by atoms with E-state index < -0.39 is 5.97 Å². The molecular formula is C10H11N3O2. The lowest BCUT2D eigenvalue weighted by atomic mass is 9.98. The van der Waals surface area contributed by atoms with E-state index in [9.17, 15) is 4.79 Å². The minimum Gasteiger partial charge on any atom is -0.481 e. The van der Waals surface area contributed by atoms with Gasteiger partial charge >= 0.3 is 5.97 Å². The van der Waals surface area contributed by atoms with E-state index in [2.05, 4.69) is 10.3 Å². The minimum atomic E-state index is -0.794. The minimum absolute atomic E-state index is 0.0373. The molecule has 2 aromatic heterocycles. The van der Waals surface area contributed by atoms with Crippen LogP contribution in [0.5, 0.6) is 0 Å². The maximum Gasteiger partial charge on any atom is 0.303 e. The fourth-order valence-electron chi connectivity index (χ4n) is 1.66. The Labute approximate surface area is 86.3 Å². The summed E-state index contributed by atoms with van der Waals surface area (Å²) in [4.78, 5) is 10.6. The van der Waals surface area contributed by atoms with Gasteiger partial charge in [0.1, 0.15) is 0 Å². The standard InChI is InChI=1S/C10H11N3O2/c1-7(5-10(14)15)8-3-2-4-13-9(8)6-11-12-13/h2-4,6-7H,5H2,1H3,(H,14,15). The second-order valence-electron chi connectivity index (χ2n) is 3.53.